The van der Waals surface area contributed by atoms with Crippen molar-refractivity contribution in [3.63, 3.8) is 0 Å². The maximum absolute atomic E-state index is 12.9. The van der Waals surface area contributed by atoms with Crippen LogP contribution in [-0.2, 0) is 0 Å². The van der Waals surface area contributed by atoms with Gasteiger partial charge >= 0.3 is 0 Å². The van der Waals surface area contributed by atoms with Gasteiger partial charge in [-0.3, -0.25) is 4.79 Å². The second kappa shape index (κ2) is 9.38. The lowest BCUT2D eigenvalue weighted by atomic mass is 9.95. The van der Waals surface area contributed by atoms with E-state index in [1.807, 2.05) is 29.2 Å². The number of amides is 1. The molecule has 5 N–H and O–H groups in total. The number of fused-ring (bicyclic) bond motifs is 1. The monoisotopic (exact) mass is 388 g/mol. The Balaban J connectivity index is 0.00000182. The van der Waals surface area contributed by atoms with Crippen molar-refractivity contribution in [1.29, 1.82) is 5.26 Å². The smallest absolute Gasteiger partial charge is 0.255 e. The summed E-state index contributed by atoms with van der Waals surface area (Å²) >= 11 is 0. The number of halogens is 1. The van der Waals surface area contributed by atoms with Crippen LogP contribution in [0.2, 0.25) is 0 Å². The summed E-state index contributed by atoms with van der Waals surface area (Å²) < 4.78 is 0. The highest BCUT2D eigenvalue weighted by Crippen LogP contribution is 2.40. The third kappa shape index (κ3) is 4.40. The number of carbonyl (C=O) groups is 1. The Morgan fingerprint density at radius 2 is 1.93 bits per heavy atom. The SMILES string of the molecule is CC(C)NCCN1C(=O)c2ccccc2C1c1cc(C#N)ccc1N.Cl.O. The van der Waals surface area contributed by atoms with Gasteiger partial charge in [0.2, 0.25) is 0 Å². The minimum absolute atomic E-state index is 0. The van der Waals surface area contributed by atoms with Crippen molar-refractivity contribution in [1.82, 2.24) is 10.2 Å². The molecule has 1 aliphatic rings. The number of nitrogens with two attached hydrogens (primary N) is 1. The lowest BCUT2D eigenvalue weighted by Crippen LogP contribution is -2.37. The van der Waals surface area contributed by atoms with Gasteiger partial charge in [-0.1, -0.05) is 32.0 Å². The van der Waals surface area contributed by atoms with Crippen molar-refractivity contribution in [3.05, 3.63) is 64.7 Å². The Bertz CT molecular complexity index is 848. The lowest BCUT2D eigenvalue weighted by molar-refractivity contribution is 0.0750. The molecular formula is C20H25ClN4O2. The number of hydrogen-bond acceptors (Lipinski definition) is 4. The highest BCUT2D eigenvalue weighted by atomic mass is 35.5. The average Bonchev–Trinajstić information content (AvgIpc) is 2.88. The molecule has 0 saturated carbocycles. The van der Waals surface area contributed by atoms with Gasteiger partial charge in [0.25, 0.3) is 5.91 Å². The van der Waals surface area contributed by atoms with Crippen LogP contribution < -0.4 is 11.1 Å². The van der Waals surface area contributed by atoms with Gasteiger partial charge in [0.05, 0.1) is 17.7 Å². The first-order valence-electron chi connectivity index (χ1n) is 8.45. The number of hydrogen-bond donors (Lipinski definition) is 2. The standard InChI is InChI=1S/C20H22N4O.ClH.H2O/c1-13(2)23-9-10-24-19(15-5-3-4-6-16(15)20(24)25)17-11-14(12-21)7-8-18(17)22;;/h3-8,11,13,19,23H,9-10,22H2,1-2H3;1H;1H2. The molecule has 1 unspecified atom stereocenters. The number of benzene rings is 2. The molecule has 7 heteroatoms. The van der Waals surface area contributed by atoms with Gasteiger partial charge in [0.15, 0.2) is 0 Å². The maximum atomic E-state index is 12.9. The van der Waals surface area contributed by atoms with Crippen LogP contribution in [0.15, 0.2) is 42.5 Å². The molecule has 6 nitrogen and oxygen atoms in total. The van der Waals surface area contributed by atoms with Gasteiger partial charge in [-0.2, -0.15) is 5.26 Å². The molecule has 0 bridgehead atoms. The van der Waals surface area contributed by atoms with E-state index in [0.29, 0.717) is 35.9 Å². The highest BCUT2D eigenvalue weighted by molar-refractivity contribution is 6.00. The normalized spacial score (nSPS) is 15.0. The number of carbonyl (C=O) groups excluding carboxylic acids is 1. The topological polar surface area (TPSA) is 114 Å². The van der Waals surface area contributed by atoms with Crippen molar-refractivity contribution in [2.75, 3.05) is 18.8 Å². The molecular weight excluding hydrogens is 364 g/mol. The van der Waals surface area contributed by atoms with Gasteiger partial charge in [-0.15, -0.1) is 12.4 Å². The van der Waals surface area contributed by atoms with E-state index in [0.717, 1.165) is 11.1 Å². The number of nitriles is 1. The summed E-state index contributed by atoms with van der Waals surface area (Å²) in [6.45, 7) is 5.43. The Morgan fingerprint density at radius 3 is 2.59 bits per heavy atom. The summed E-state index contributed by atoms with van der Waals surface area (Å²) in [5.41, 5.74) is 9.80. The number of anilines is 1. The van der Waals surface area contributed by atoms with Crippen molar-refractivity contribution in [2.45, 2.75) is 25.9 Å². The van der Waals surface area contributed by atoms with Gasteiger partial charge in [0.1, 0.15) is 0 Å². The second-order valence-corrected chi connectivity index (χ2v) is 6.55. The Labute approximate surface area is 165 Å². The molecule has 0 radical (unpaired) electrons. The van der Waals surface area contributed by atoms with Crippen molar-refractivity contribution in [3.8, 4) is 6.07 Å². The quantitative estimate of drug-likeness (QED) is 0.764. The zero-order valence-electron chi connectivity index (χ0n) is 15.4. The minimum atomic E-state index is -0.258. The summed E-state index contributed by atoms with van der Waals surface area (Å²) in [6, 6.07) is 15.1. The lowest BCUT2D eigenvalue weighted by Gasteiger charge is -2.27. The van der Waals surface area contributed by atoms with E-state index in [2.05, 4.69) is 25.2 Å². The van der Waals surface area contributed by atoms with E-state index in [1.165, 1.54) is 0 Å². The molecule has 3 rings (SSSR count). The summed E-state index contributed by atoms with van der Waals surface area (Å²) in [7, 11) is 0. The van der Waals surface area contributed by atoms with E-state index in [1.54, 1.807) is 18.2 Å². The van der Waals surface area contributed by atoms with Gasteiger partial charge in [-0.25, -0.2) is 0 Å². The van der Waals surface area contributed by atoms with Crippen LogP contribution in [0.1, 0.15) is 46.9 Å². The van der Waals surface area contributed by atoms with Gasteiger partial charge in [-0.05, 0) is 29.8 Å². The number of nitrogen functional groups attached to an aromatic ring is 1. The zero-order chi connectivity index (χ0) is 18.0. The van der Waals surface area contributed by atoms with Crippen LogP contribution in [0.5, 0.6) is 0 Å². The summed E-state index contributed by atoms with van der Waals surface area (Å²) in [5.74, 6) is 0.00733. The van der Waals surface area contributed by atoms with E-state index < -0.39 is 0 Å². The number of nitrogens with zero attached hydrogens (tertiary/aromatic N) is 2. The fraction of sp³-hybridized carbons (Fsp3) is 0.300. The fourth-order valence-corrected chi connectivity index (χ4v) is 3.29. The first-order valence-corrected chi connectivity index (χ1v) is 8.45. The third-order valence-corrected chi connectivity index (χ3v) is 4.47. The molecule has 2 aromatic rings. The molecule has 1 amide bonds. The molecule has 0 saturated heterocycles. The molecule has 0 aliphatic carbocycles. The predicted octanol–water partition coefficient (Wildman–Crippen LogP) is 2.28. The van der Waals surface area contributed by atoms with Crippen LogP contribution in [-0.4, -0.2) is 35.4 Å². The Hall–Kier alpha value is -2.59. The van der Waals surface area contributed by atoms with Crippen LogP contribution in [0, 0.1) is 11.3 Å². The van der Waals surface area contributed by atoms with Gasteiger partial charge < -0.3 is 21.4 Å². The molecule has 1 atom stereocenters. The largest absolute Gasteiger partial charge is 0.412 e. The number of rotatable bonds is 5. The Morgan fingerprint density at radius 1 is 1.22 bits per heavy atom. The third-order valence-electron chi connectivity index (χ3n) is 4.47. The zero-order valence-corrected chi connectivity index (χ0v) is 16.2. The second-order valence-electron chi connectivity index (χ2n) is 6.55. The van der Waals surface area contributed by atoms with Crippen LogP contribution in [0.25, 0.3) is 0 Å². The summed E-state index contributed by atoms with van der Waals surface area (Å²) in [4.78, 5) is 14.8. The maximum Gasteiger partial charge on any atom is 0.255 e. The van der Waals surface area contributed by atoms with Crippen LogP contribution in [0.3, 0.4) is 0 Å². The molecule has 0 fully saturated rings. The molecule has 1 aliphatic heterocycles. The molecule has 144 valence electrons. The Kier molecular flexibility index (Phi) is 7.80. The molecule has 2 aromatic carbocycles. The van der Waals surface area contributed by atoms with Crippen molar-refractivity contribution < 1.29 is 10.3 Å². The minimum Gasteiger partial charge on any atom is -0.412 e. The molecule has 27 heavy (non-hydrogen) atoms. The van der Waals surface area contributed by atoms with Crippen molar-refractivity contribution in [2.24, 2.45) is 0 Å². The highest BCUT2D eigenvalue weighted by Gasteiger charge is 2.37. The predicted molar refractivity (Wildman–Crippen MR) is 109 cm³/mol. The first-order chi connectivity index (χ1) is 12.0. The van der Waals surface area contributed by atoms with E-state index in [9.17, 15) is 10.1 Å². The summed E-state index contributed by atoms with van der Waals surface area (Å²) in [5, 5.41) is 12.6. The van der Waals surface area contributed by atoms with Crippen LogP contribution >= 0.6 is 12.4 Å². The molecule has 0 aromatic heterocycles. The number of nitrogens with one attached hydrogen (secondary N) is 1. The van der Waals surface area contributed by atoms with E-state index in [4.69, 9.17) is 5.73 Å². The average molecular weight is 389 g/mol. The van der Waals surface area contributed by atoms with E-state index in [-0.39, 0.29) is 29.8 Å². The summed E-state index contributed by atoms with van der Waals surface area (Å²) in [6.07, 6.45) is 0. The van der Waals surface area contributed by atoms with Gasteiger partial charge in [0, 0.05) is 35.9 Å². The fourth-order valence-electron chi connectivity index (χ4n) is 3.29. The van der Waals surface area contributed by atoms with Crippen molar-refractivity contribution >= 4 is 24.0 Å². The van der Waals surface area contributed by atoms with E-state index >= 15 is 0 Å². The first kappa shape index (κ1) is 22.5. The van der Waals surface area contributed by atoms with Crippen LogP contribution in [0.4, 0.5) is 5.69 Å². The molecule has 1 heterocycles. The molecule has 0 spiro atoms.